The molecule has 0 aromatic carbocycles. The van der Waals surface area contributed by atoms with Crippen molar-refractivity contribution in [2.24, 2.45) is 11.3 Å². The summed E-state index contributed by atoms with van der Waals surface area (Å²) in [6, 6.07) is 0.338. The van der Waals surface area contributed by atoms with Gasteiger partial charge in [0.2, 0.25) is 5.91 Å². The molecule has 0 aliphatic heterocycles. The molecule has 120 valence electrons. The van der Waals surface area contributed by atoms with Crippen molar-refractivity contribution < 1.29 is 9.53 Å². The standard InChI is InChI=1S/C17H30N2O2/c1-2-21-15-10-14(17(15)8-4-3-5-9-17)19-16(20)12-18-11-13-6-7-13/h13-15,18H,2-12H2,1H3,(H,19,20). The van der Waals surface area contributed by atoms with Gasteiger partial charge in [-0.1, -0.05) is 19.3 Å². The summed E-state index contributed by atoms with van der Waals surface area (Å²) in [7, 11) is 0. The van der Waals surface area contributed by atoms with E-state index in [0.717, 1.165) is 25.5 Å². The summed E-state index contributed by atoms with van der Waals surface area (Å²) < 4.78 is 5.94. The Hall–Kier alpha value is -0.610. The number of rotatable bonds is 7. The molecule has 2 N–H and O–H groups in total. The average Bonchev–Trinajstić information content (AvgIpc) is 3.31. The SMILES string of the molecule is CCOC1CC(NC(=O)CNCC2CC2)C12CCCCC2. The highest BCUT2D eigenvalue weighted by Gasteiger charge is 2.55. The van der Waals surface area contributed by atoms with E-state index in [0.29, 0.717) is 18.7 Å². The molecule has 0 heterocycles. The van der Waals surface area contributed by atoms with Crippen LogP contribution in [0.3, 0.4) is 0 Å². The van der Waals surface area contributed by atoms with Crippen LogP contribution in [0.15, 0.2) is 0 Å². The topological polar surface area (TPSA) is 50.4 Å². The first kappa shape index (κ1) is 15.3. The van der Waals surface area contributed by atoms with Crippen molar-refractivity contribution in [3.63, 3.8) is 0 Å². The average molecular weight is 294 g/mol. The molecule has 2 unspecified atom stereocenters. The van der Waals surface area contributed by atoms with E-state index >= 15 is 0 Å². The Balaban J connectivity index is 1.48. The van der Waals surface area contributed by atoms with E-state index in [1.165, 1.54) is 44.9 Å². The lowest BCUT2D eigenvalue weighted by molar-refractivity contribution is -0.156. The second-order valence-electron chi connectivity index (χ2n) is 7.17. The molecule has 4 nitrogen and oxygen atoms in total. The molecule has 0 bridgehead atoms. The first-order valence-corrected chi connectivity index (χ1v) is 8.86. The third-order valence-corrected chi connectivity index (χ3v) is 5.69. The molecule has 3 rings (SSSR count). The minimum atomic E-state index is 0.167. The maximum Gasteiger partial charge on any atom is 0.234 e. The largest absolute Gasteiger partial charge is 0.378 e. The van der Waals surface area contributed by atoms with E-state index in [1.54, 1.807) is 0 Å². The predicted molar refractivity (Wildman–Crippen MR) is 83.1 cm³/mol. The van der Waals surface area contributed by atoms with Gasteiger partial charge in [0.25, 0.3) is 0 Å². The maximum atomic E-state index is 12.1. The van der Waals surface area contributed by atoms with Crippen LogP contribution in [0.1, 0.15) is 58.3 Å². The van der Waals surface area contributed by atoms with Gasteiger partial charge in [0, 0.05) is 18.1 Å². The number of ether oxygens (including phenoxy) is 1. The summed E-state index contributed by atoms with van der Waals surface area (Å²) >= 11 is 0. The highest BCUT2D eigenvalue weighted by atomic mass is 16.5. The molecule has 3 saturated carbocycles. The minimum absolute atomic E-state index is 0.167. The van der Waals surface area contributed by atoms with Gasteiger partial charge >= 0.3 is 0 Å². The summed E-state index contributed by atoms with van der Waals surface area (Å²) in [5.41, 5.74) is 0.237. The molecular weight excluding hydrogens is 264 g/mol. The fourth-order valence-corrected chi connectivity index (χ4v) is 4.22. The van der Waals surface area contributed by atoms with Crippen LogP contribution < -0.4 is 10.6 Å². The first-order chi connectivity index (χ1) is 10.2. The zero-order valence-corrected chi connectivity index (χ0v) is 13.3. The quantitative estimate of drug-likeness (QED) is 0.757. The van der Waals surface area contributed by atoms with Crippen molar-refractivity contribution in [2.45, 2.75) is 70.4 Å². The fraction of sp³-hybridized carbons (Fsp3) is 0.941. The Morgan fingerprint density at radius 2 is 2.00 bits per heavy atom. The van der Waals surface area contributed by atoms with Gasteiger partial charge in [0.05, 0.1) is 12.6 Å². The van der Waals surface area contributed by atoms with E-state index < -0.39 is 0 Å². The van der Waals surface area contributed by atoms with Crippen LogP contribution >= 0.6 is 0 Å². The molecule has 4 heteroatoms. The zero-order valence-electron chi connectivity index (χ0n) is 13.3. The molecule has 0 radical (unpaired) electrons. The maximum absolute atomic E-state index is 12.1. The van der Waals surface area contributed by atoms with Crippen molar-refractivity contribution >= 4 is 5.91 Å². The second kappa shape index (κ2) is 6.66. The van der Waals surface area contributed by atoms with Gasteiger partial charge in [-0.15, -0.1) is 0 Å². The van der Waals surface area contributed by atoms with Crippen LogP contribution in [0.4, 0.5) is 0 Å². The lowest BCUT2D eigenvalue weighted by atomic mass is 9.55. The molecule has 0 aromatic heterocycles. The van der Waals surface area contributed by atoms with Gasteiger partial charge in [0.1, 0.15) is 0 Å². The molecule has 0 aromatic rings. The monoisotopic (exact) mass is 294 g/mol. The summed E-state index contributed by atoms with van der Waals surface area (Å²) in [6.45, 7) is 4.34. The number of carbonyl (C=O) groups excluding carboxylic acids is 1. The van der Waals surface area contributed by atoms with E-state index in [9.17, 15) is 4.79 Å². The van der Waals surface area contributed by atoms with Crippen molar-refractivity contribution in [2.75, 3.05) is 19.7 Å². The minimum Gasteiger partial charge on any atom is -0.378 e. The molecule has 1 amide bonds. The Bertz CT molecular complexity index is 362. The molecule has 3 aliphatic rings. The Morgan fingerprint density at radius 3 is 2.67 bits per heavy atom. The van der Waals surface area contributed by atoms with E-state index in [-0.39, 0.29) is 11.3 Å². The van der Waals surface area contributed by atoms with Gasteiger partial charge in [0.15, 0.2) is 0 Å². The van der Waals surface area contributed by atoms with Crippen LogP contribution in [0, 0.1) is 11.3 Å². The van der Waals surface area contributed by atoms with Crippen molar-refractivity contribution in [3.8, 4) is 0 Å². The zero-order chi connectivity index (χ0) is 14.7. The molecule has 0 saturated heterocycles. The first-order valence-electron chi connectivity index (χ1n) is 8.86. The summed E-state index contributed by atoms with van der Waals surface area (Å²) in [6.07, 6.45) is 10.4. The Kier molecular flexibility index (Phi) is 4.85. The molecule has 21 heavy (non-hydrogen) atoms. The number of hydrogen-bond donors (Lipinski definition) is 2. The third kappa shape index (κ3) is 3.42. The molecule has 3 aliphatic carbocycles. The molecular formula is C17H30N2O2. The van der Waals surface area contributed by atoms with E-state index in [4.69, 9.17) is 4.74 Å². The van der Waals surface area contributed by atoms with Crippen molar-refractivity contribution in [3.05, 3.63) is 0 Å². The summed E-state index contributed by atoms with van der Waals surface area (Å²) in [4.78, 5) is 12.1. The lowest BCUT2D eigenvalue weighted by Crippen LogP contribution is -2.66. The van der Waals surface area contributed by atoms with Gasteiger partial charge in [-0.25, -0.2) is 0 Å². The highest BCUT2D eigenvalue weighted by Crippen LogP contribution is 2.53. The second-order valence-corrected chi connectivity index (χ2v) is 7.17. The fourth-order valence-electron chi connectivity index (χ4n) is 4.22. The summed E-state index contributed by atoms with van der Waals surface area (Å²) in [5, 5.41) is 6.56. The van der Waals surface area contributed by atoms with Crippen LogP contribution in [-0.2, 0) is 9.53 Å². The normalized spacial score (nSPS) is 30.9. The number of amides is 1. The highest BCUT2D eigenvalue weighted by molar-refractivity contribution is 5.78. The smallest absolute Gasteiger partial charge is 0.234 e. The predicted octanol–water partition coefficient (Wildman–Crippen LogP) is 2.23. The van der Waals surface area contributed by atoms with Gasteiger partial charge in [-0.2, -0.15) is 0 Å². The van der Waals surface area contributed by atoms with Crippen LogP contribution in [-0.4, -0.2) is 37.7 Å². The van der Waals surface area contributed by atoms with Gasteiger partial charge in [-0.05, 0) is 51.5 Å². The van der Waals surface area contributed by atoms with E-state index in [1.807, 2.05) is 0 Å². The lowest BCUT2D eigenvalue weighted by Gasteiger charge is -2.57. The van der Waals surface area contributed by atoms with E-state index in [2.05, 4.69) is 17.6 Å². The number of hydrogen-bond acceptors (Lipinski definition) is 3. The Morgan fingerprint density at radius 1 is 1.24 bits per heavy atom. The van der Waals surface area contributed by atoms with Crippen molar-refractivity contribution in [1.29, 1.82) is 0 Å². The number of nitrogens with one attached hydrogen (secondary N) is 2. The molecule has 2 atom stereocenters. The Labute approximate surface area is 128 Å². The molecule has 1 spiro atoms. The number of carbonyl (C=O) groups is 1. The van der Waals surface area contributed by atoms with Crippen LogP contribution in [0.5, 0.6) is 0 Å². The van der Waals surface area contributed by atoms with Crippen molar-refractivity contribution in [1.82, 2.24) is 10.6 Å². The van der Waals surface area contributed by atoms with Gasteiger partial charge < -0.3 is 15.4 Å². The van der Waals surface area contributed by atoms with Gasteiger partial charge in [-0.3, -0.25) is 4.79 Å². The third-order valence-electron chi connectivity index (χ3n) is 5.69. The molecule has 3 fully saturated rings. The van der Waals surface area contributed by atoms with Crippen LogP contribution in [0.2, 0.25) is 0 Å². The summed E-state index contributed by atoms with van der Waals surface area (Å²) in [5.74, 6) is 0.995. The van der Waals surface area contributed by atoms with Crippen LogP contribution in [0.25, 0.3) is 0 Å².